The number of nitrogens with zero attached hydrogens (tertiary/aromatic N) is 6. The van der Waals surface area contributed by atoms with Crippen LogP contribution in [0.15, 0.2) is 67.3 Å². The number of rotatable bonds is 16. The highest BCUT2D eigenvalue weighted by molar-refractivity contribution is 5.99. The van der Waals surface area contributed by atoms with Crippen molar-refractivity contribution in [2.45, 2.75) is 182 Å². The molecule has 37 heteroatoms. The number of aromatic nitrogens is 4. The van der Waals surface area contributed by atoms with Gasteiger partial charge in [-0.05, 0) is 67.8 Å². The van der Waals surface area contributed by atoms with Crippen LogP contribution in [0.4, 0.5) is 9.59 Å². The van der Waals surface area contributed by atoms with E-state index in [2.05, 4.69) is 10.6 Å². The first-order valence-electron chi connectivity index (χ1n) is 28.9. The topological polar surface area (TPSA) is 505 Å². The SMILES string of the molecule is CC(=O)C1=CCN(C)[C@@H]([C@H](OC2OC(CNC(=O)OC(C)(C)C)C(O)C2O)C2OC(n3ccc(=O)[nH]c3=O)C(O)C2O)C(=O)N1C.CN1C(=O)[C@H]([C@H](OC2OC(CNC(=O)OC(C)(C)C)C(O)C2O)C2OC(n3ccc(=O)[nH]c3=O)C(O)C2O)N(C)CC=C1C(=O)O. The number of allylic oxidation sites excluding steroid dienone is 1. The summed E-state index contributed by atoms with van der Waals surface area (Å²) in [6.45, 7) is 10.5. The van der Waals surface area contributed by atoms with E-state index in [1.807, 2.05) is 9.97 Å². The molecule has 8 heterocycles. The molecule has 20 atom stereocenters. The van der Waals surface area contributed by atoms with E-state index in [9.17, 15) is 93.9 Å². The number of carboxylic acid groups (broad SMARTS) is 1. The fraction of sp³-hybridized carbons (Fsp3) is 0.673. The highest BCUT2D eigenvalue weighted by Crippen LogP contribution is 2.38. The van der Waals surface area contributed by atoms with Gasteiger partial charge < -0.3 is 104 Å². The minimum Gasteiger partial charge on any atom is -0.477 e. The van der Waals surface area contributed by atoms with Crippen molar-refractivity contribution in [3.63, 3.8) is 0 Å². The predicted octanol–water partition coefficient (Wildman–Crippen LogP) is -6.99. The molecule has 13 N–H and O–H groups in total. The molecule has 0 aliphatic carbocycles. The Labute approximate surface area is 522 Å². The van der Waals surface area contributed by atoms with Crippen molar-refractivity contribution in [1.29, 1.82) is 0 Å². The molecule has 92 heavy (non-hydrogen) atoms. The number of hydrogen-bond donors (Lipinski definition) is 13. The molecular weight excluding hydrogens is 1230 g/mol. The number of ether oxygens (including phenoxy) is 8. The standard InChI is InChI=1S/C28H41N5O13.C27H39N5O14/c1-12(34)13-7-9-31(5)16(23(40)32(13)6)21(22-18(37)19(38)24(44-22)33-10-8-15(35)30-26(33)41)45-25-20(39)17(36)14(43-25)11-29-27(42)46-28(2,3)4;1-27(2,3)46-26(42)28-10-12-15(34)18(37)24(43-12)45-19(14-21(38)31(5)11(23(39)40)6-8-30(14)4)20-16(35)17(36)22(44-20)32-9-7-13(33)29-25(32)41/h7-8,10,14,16-22,24-25,36-39H,9,11H2,1-6H3,(H,29,42)(H,30,35,41);6-7,9,12,14-20,22,24,34-37H,8,10H2,1-5H3,(H,28,42)(H,39,40)(H,29,33,41)/t14?,16-,17?,18?,19?,20?,21-,22?,24?,25?;12?,14-,15?,16?,17?,18?,19-,20?,22?,24?/m00/s1. The van der Waals surface area contributed by atoms with Crippen LogP contribution in [0.1, 0.15) is 60.9 Å². The van der Waals surface area contributed by atoms with Crippen LogP contribution in [0.5, 0.6) is 0 Å². The summed E-state index contributed by atoms with van der Waals surface area (Å²) in [6, 6.07) is -0.809. The number of aliphatic carboxylic acids is 1. The summed E-state index contributed by atoms with van der Waals surface area (Å²) in [5.74, 6) is -3.32. The molecule has 4 saturated heterocycles. The van der Waals surface area contributed by atoms with Crippen molar-refractivity contribution in [3.05, 3.63) is 89.7 Å². The number of Topliss-reactive ketones (excluding diaryl/α,β-unsaturated/α-hetero) is 1. The number of carboxylic acids is 1. The molecule has 8 rings (SSSR count). The summed E-state index contributed by atoms with van der Waals surface area (Å²) in [4.78, 5) is 133. The number of amides is 4. The molecule has 6 aliphatic rings. The summed E-state index contributed by atoms with van der Waals surface area (Å²) >= 11 is 0. The van der Waals surface area contributed by atoms with E-state index in [1.54, 1.807) is 41.5 Å². The summed E-state index contributed by atoms with van der Waals surface area (Å²) in [5.41, 5.74) is -5.25. The molecule has 0 saturated carbocycles. The average molecular weight is 1310 g/mol. The number of ketones is 1. The quantitative estimate of drug-likeness (QED) is 0.0743. The van der Waals surface area contributed by atoms with Gasteiger partial charge in [-0.2, -0.15) is 0 Å². The van der Waals surface area contributed by atoms with E-state index in [1.165, 1.54) is 57.1 Å². The van der Waals surface area contributed by atoms with Gasteiger partial charge in [0.1, 0.15) is 114 Å². The Balaban J connectivity index is 0.000000261. The second-order valence-corrected chi connectivity index (χ2v) is 24.6. The normalized spacial score (nSPS) is 33.0. The highest BCUT2D eigenvalue weighted by atomic mass is 16.7. The third-order valence-corrected chi connectivity index (χ3v) is 15.5. The van der Waals surface area contributed by atoms with Gasteiger partial charge in [0.15, 0.2) is 30.8 Å². The molecule has 2 aromatic heterocycles. The maximum atomic E-state index is 13.9. The summed E-state index contributed by atoms with van der Waals surface area (Å²) in [6.07, 6.45) is -26.0. The Morgan fingerprint density at radius 3 is 1.25 bits per heavy atom. The fourth-order valence-corrected chi connectivity index (χ4v) is 11.0. The molecule has 2 aromatic rings. The van der Waals surface area contributed by atoms with Gasteiger partial charge in [0.2, 0.25) is 11.8 Å². The number of hydrogen-bond acceptors (Lipinski definition) is 28. The lowest BCUT2D eigenvalue weighted by atomic mass is 9.97. The second-order valence-electron chi connectivity index (χ2n) is 24.6. The lowest BCUT2D eigenvalue weighted by Crippen LogP contribution is -2.59. The monoisotopic (exact) mass is 1310 g/mol. The zero-order valence-electron chi connectivity index (χ0n) is 51.9. The van der Waals surface area contributed by atoms with E-state index in [0.717, 1.165) is 43.5 Å². The van der Waals surface area contributed by atoms with Gasteiger partial charge in [-0.15, -0.1) is 0 Å². The summed E-state index contributed by atoms with van der Waals surface area (Å²) < 4.78 is 47.4. The van der Waals surface area contributed by atoms with Gasteiger partial charge in [0.05, 0.1) is 5.70 Å². The van der Waals surface area contributed by atoms with Gasteiger partial charge in [0, 0.05) is 71.7 Å². The smallest absolute Gasteiger partial charge is 0.407 e. The van der Waals surface area contributed by atoms with Gasteiger partial charge >= 0.3 is 29.5 Å². The first-order chi connectivity index (χ1) is 42.8. The first-order valence-corrected chi connectivity index (χ1v) is 28.9. The number of aliphatic hydroxyl groups is 8. The minimum absolute atomic E-state index is 0.0445. The first kappa shape index (κ1) is 72.2. The second kappa shape index (κ2) is 29.0. The Bertz CT molecular complexity index is 3120. The number of carbonyl (C=O) groups excluding carboxylic acids is 5. The van der Waals surface area contributed by atoms with E-state index in [4.69, 9.17) is 37.9 Å². The van der Waals surface area contributed by atoms with Gasteiger partial charge in [-0.1, -0.05) is 0 Å². The van der Waals surface area contributed by atoms with Crippen LogP contribution < -0.4 is 33.1 Å². The molecule has 0 aromatic carbocycles. The van der Waals surface area contributed by atoms with E-state index < -0.39 is 192 Å². The van der Waals surface area contributed by atoms with Crippen LogP contribution >= 0.6 is 0 Å². The van der Waals surface area contributed by atoms with Crippen molar-refractivity contribution in [3.8, 4) is 0 Å². The number of H-pyrrole nitrogens is 2. The number of likely N-dealkylation sites (N-methyl/N-ethyl adjacent to an activating group) is 4. The molecular formula is C55H80N10O27. The Kier molecular flexibility index (Phi) is 22.8. The van der Waals surface area contributed by atoms with Crippen LogP contribution in [0.25, 0.3) is 0 Å². The molecule has 4 amide bonds. The van der Waals surface area contributed by atoms with E-state index in [-0.39, 0.29) is 37.6 Å². The molecule has 0 radical (unpaired) electrons. The third kappa shape index (κ3) is 16.2. The zero-order chi connectivity index (χ0) is 68.5. The maximum Gasteiger partial charge on any atom is 0.407 e. The molecule has 0 spiro atoms. The van der Waals surface area contributed by atoms with Crippen molar-refractivity contribution in [2.24, 2.45) is 0 Å². The number of alkyl carbamates (subject to hydrolysis) is 2. The van der Waals surface area contributed by atoms with E-state index >= 15 is 0 Å². The Hall–Kier alpha value is -7.18. The number of aromatic amines is 2. The van der Waals surface area contributed by atoms with E-state index in [0.29, 0.717) is 0 Å². The van der Waals surface area contributed by atoms with Crippen molar-refractivity contribution < 1.29 is 113 Å². The van der Waals surface area contributed by atoms with Crippen LogP contribution in [0.2, 0.25) is 0 Å². The Morgan fingerprint density at radius 1 is 0.554 bits per heavy atom. The van der Waals surface area contributed by atoms with Crippen molar-refractivity contribution >= 4 is 35.8 Å². The lowest BCUT2D eigenvalue weighted by molar-refractivity contribution is -0.233. The van der Waals surface area contributed by atoms with Gasteiger partial charge in [0.25, 0.3) is 11.1 Å². The lowest BCUT2D eigenvalue weighted by Gasteiger charge is -2.38. The molecule has 6 aliphatic heterocycles. The van der Waals surface area contributed by atoms with Gasteiger partial charge in [-0.25, -0.2) is 24.0 Å². The predicted molar refractivity (Wildman–Crippen MR) is 307 cm³/mol. The molecule has 37 nitrogen and oxygen atoms in total. The summed E-state index contributed by atoms with van der Waals surface area (Å²) in [5, 5.41) is 102. The molecule has 4 fully saturated rings. The zero-order valence-corrected chi connectivity index (χ0v) is 51.9. The number of aliphatic hydroxyl groups excluding tert-OH is 8. The third-order valence-electron chi connectivity index (χ3n) is 15.5. The summed E-state index contributed by atoms with van der Waals surface area (Å²) in [7, 11) is 5.55. The van der Waals surface area contributed by atoms with Crippen LogP contribution in [0, 0.1) is 0 Å². The van der Waals surface area contributed by atoms with Crippen LogP contribution in [0.3, 0.4) is 0 Å². The number of nitrogens with one attached hydrogen (secondary N) is 4. The Morgan fingerprint density at radius 2 is 0.913 bits per heavy atom. The van der Waals surface area contributed by atoms with Gasteiger partial charge in [-0.3, -0.25) is 52.9 Å². The van der Waals surface area contributed by atoms with Crippen LogP contribution in [-0.2, 0) is 57.1 Å². The number of carbonyl (C=O) groups is 6. The molecule has 16 unspecified atom stereocenters. The van der Waals surface area contributed by atoms with Crippen molar-refractivity contribution in [2.75, 3.05) is 54.4 Å². The minimum atomic E-state index is -1.84. The fourth-order valence-electron chi connectivity index (χ4n) is 11.0. The largest absolute Gasteiger partial charge is 0.477 e. The van der Waals surface area contributed by atoms with Crippen LogP contribution in [-0.4, -0.2) is 296 Å². The molecule has 0 bridgehead atoms. The average Bonchev–Trinajstić information content (AvgIpc) is 1.61. The van der Waals surface area contributed by atoms with Crippen molar-refractivity contribution in [1.82, 2.24) is 49.3 Å². The highest BCUT2D eigenvalue weighted by Gasteiger charge is 2.58. The molecule has 512 valence electrons. The maximum absolute atomic E-state index is 13.9.